The van der Waals surface area contributed by atoms with Gasteiger partial charge >= 0.3 is 6.16 Å². The monoisotopic (exact) mass is 269 g/mol. The highest BCUT2D eigenvalue weighted by molar-refractivity contribution is 5.95. The van der Waals surface area contributed by atoms with Crippen molar-refractivity contribution in [3.63, 3.8) is 0 Å². The van der Waals surface area contributed by atoms with Gasteiger partial charge in [0.1, 0.15) is 11.4 Å². The van der Waals surface area contributed by atoms with Gasteiger partial charge in [-0.1, -0.05) is 24.3 Å². The summed E-state index contributed by atoms with van der Waals surface area (Å²) in [4.78, 5) is 15.1. The van der Waals surface area contributed by atoms with Crippen molar-refractivity contribution in [3.8, 4) is 5.75 Å². The van der Waals surface area contributed by atoms with E-state index in [1.54, 1.807) is 39.0 Å². The fraction of sp³-hybridized carbons (Fsp3) is 0.250. The molecule has 0 saturated carbocycles. The number of benzene rings is 2. The molecule has 0 radical (unpaired) electrons. The van der Waals surface area contributed by atoms with Crippen LogP contribution in [-0.2, 0) is 4.74 Å². The van der Waals surface area contributed by atoms with Gasteiger partial charge in [0, 0.05) is 0 Å². The normalized spacial score (nSPS) is 10.9. The van der Waals surface area contributed by atoms with Gasteiger partial charge in [-0.05, 0) is 43.7 Å². The second kappa shape index (κ2) is 5.22. The number of nitrogens with zero attached hydrogens (tertiary/aromatic N) is 1. The van der Waals surface area contributed by atoms with Crippen LogP contribution in [0, 0.1) is 6.57 Å². The Bertz CT molecular complexity index is 693. The number of hydrogen-bond acceptors (Lipinski definition) is 3. The van der Waals surface area contributed by atoms with E-state index >= 15 is 0 Å². The Hall–Kier alpha value is -2.54. The van der Waals surface area contributed by atoms with Gasteiger partial charge in [-0.2, -0.15) is 0 Å². The van der Waals surface area contributed by atoms with E-state index in [9.17, 15) is 4.79 Å². The lowest BCUT2D eigenvalue weighted by Crippen LogP contribution is -2.25. The number of fused-ring (bicyclic) bond motifs is 1. The summed E-state index contributed by atoms with van der Waals surface area (Å²) in [6.45, 7) is 12.5. The molecule has 0 aliphatic carbocycles. The predicted octanol–water partition coefficient (Wildman–Crippen LogP) is 4.70. The Labute approximate surface area is 117 Å². The van der Waals surface area contributed by atoms with Crippen molar-refractivity contribution in [3.05, 3.63) is 47.8 Å². The number of rotatable bonds is 1. The summed E-state index contributed by atoms with van der Waals surface area (Å²) in [5.41, 5.74) is -0.0765. The van der Waals surface area contributed by atoms with E-state index in [0.29, 0.717) is 11.4 Å². The van der Waals surface area contributed by atoms with Crippen LogP contribution in [0.2, 0.25) is 0 Å². The Morgan fingerprint density at radius 1 is 1.20 bits per heavy atom. The molecule has 0 aromatic heterocycles. The first-order valence-electron chi connectivity index (χ1n) is 6.20. The molecule has 0 unspecified atom stereocenters. The minimum absolute atomic E-state index is 0.364. The molecule has 102 valence electrons. The lowest BCUT2D eigenvalue weighted by atomic mass is 10.1. The van der Waals surface area contributed by atoms with E-state index in [1.165, 1.54) is 0 Å². The molecule has 20 heavy (non-hydrogen) atoms. The summed E-state index contributed by atoms with van der Waals surface area (Å²) in [6, 6.07) is 10.6. The minimum Gasteiger partial charge on any atom is -0.428 e. The van der Waals surface area contributed by atoms with E-state index in [1.807, 2.05) is 18.2 Å². The zero-order chi connectivity index (χ0) is 14.8. The van der Waals surface area contributed by atoms with Gasteiger partial charge in [-0.15, -0.1) is 0 Å². The first-order chi connectivity index (χ1) is 9.39. The number of hydrogen-bond donors (Lipinski definition) is 0. The van der Waals surface area contributed by atoms with Crippen molar-refractivity contribution < 1.29 is 14.3 Å². The lowest BCUT2D eigenvalue weighted by molar-refractivity contribution is 0.0206. The highest BCUT2D eigenvalue weighted by Crippen LogP contribution is 2.29. The number of carbonyl (C=O) groups excluding carboxylic acids is 1. The van der Waals surface area contributed by atoms with Crippen LogP contribution in [0.25, 0.3) is 15.6 Å². The van der Waals surface area contributed by atoms with Crippen molar-refractivity contribution in [2.45, 2.75) is 26.4 Å². The van der Waals surface area contributed by atoms with Crippen molar-refractivity contribution in [2.24, 2.45) is 0 Å². The lowest BCUT2D eigenvalue weighted by Gasteiger charge is -2.18. The summed E-state index contributed by atoms with van der Waals surface area (Å²) in [7, 11) is 0. The van der Waals surface area contributed by atoms with Crippen molar-refractivity contribution in [2.75, 3.05) is 0 Å². The molecule has 2 aromatic rings. The summed E-state index contributed by atoms with van der Waals surface area (Å²) in [6.07, 6.45) is -0.753. The van der Waals surface area contributed by atoms with Crippen LogP contribution in [0.1, 0.15) is 20.8 Å². The smallest absolute Gasteiger partial charge is 0.428 e. The zero-order valence-corrected chi connectivity index (χ0v) is 11.6. The minimum atomic E-state index is -0.753. The molecule has 0 aliphatic rings. The SMILES string of the molecule is [C-]#[N+]c1cccc2ccc(OC(=O)OC(C)(C)C)cc12. The maximum atomic E-state index is 11.6. The molecule has 0 bridgehead atoms. The number of ether oxygens (including phenoxy) is 2. The molecule has 0 heterocycles. The molecule has 4 nitrogen and oxygen atoms in total. The van der Waals surface area contributed by atoms with E-state index in [-0.39, 0.29) is 0 Å². The van der Waals surface area contributed by atoms with Crippen LogP contribution in [0.4, 0.5) is 10.5 Å². The molecule has 0 fully saturated rings. The van der Waals surface area contributed by atoms with Crippen LogP contribution < -0.4 is 4.74 Å². The van der Waals surface area contributed by atoms with Crippen LogP contribution in [-0.4, -0.2) is 11.8 Å². The molecule has 0 spiro atoms. The Morgan fingerprint density at radius 3 is 2.60 bits per heavy atom. The van der Waals surface area contributed by atoms with E-state index in [2.05, 4.69) is 4.85 Å². The summed E-state index contributed by atoms with van der Waals surface area (Å²) < 4.78 is 10.2. The maximum absolute atomic E-state index is 11.6. The molecule has 0 saturated heterocycles. The topological polar surface area (TPSA) is 39.9 Å². The predicted molar refractivity (Wildman–Crippen MR) is 77.1 cm³/mol. The molecular formula is C16H15NO3. The largest absolute Gasteiger partial charge is 0.514 e. The third-order valence-electron chi connectivity index (χ3n) is 2.54. The van der Waals surface area contributed by atoms with Crippen LogP contribution in [0.5, 0.6) is 5.75 Å². The molecule has 2 aromatic carbocycles. The van der Waals surface area contributed by atoms with E-state index in [0.717, 1.165) is 10.8 Å². The van der Waals surface area contributed by atoms with Crippen LogP contribution in [0.3, 0.4) is 0 Å². The van der Waals surface area contributed by atoms with Crippen molar-refractivity contribution in [1.29, 1.82) is 0 Å². The highest BCUT2D eigenvalue weighted by Gasteiger charge is 2.18. The average molecular weight is 269 g/mol. The molecule has 4 heteroatoms. The summed E-state index contributed by atoms with van der Waals surface area (Å²) in [5.74, 6) is 0.364. The van der Waals surface area contributed by atoms with Crippen molar-refractivity contribution >= 4 is 22.6 Å². The average Bonchev–Trinajstić information content (AvgIpc) is 2.35. The second-order valence-electron chi connectivity index (χ2n) is 5.34. The van der Waals surface area contributed by atoms with Crippen LogP contribution in [0.15, 0.2) is 36.4 Å². The quantitative estimate of drug-likeness (QED) is 0.428. The molecule has 0 aliphatic heterocycles. The van der Waals surface area contributed by atoms with Gasteiger partial charge < -0.3 is 9.47 Å². The second-order valence-corrected chi connectivity index (χ2v) is 5.34. The first-order valence-corrected chi connectivity index (χ1v) is 6.20. The number of carbonyl (C=O) groups is 1. The molecule has 2 rings (SSSR count). The Kier molecular flexibility index (Phi) is 3.62. The van der Waals surface area contributed by atoms with Crippen LogP contribution >= 0.6 is 0 Å². The van der Waals surface area contributed by atoms with Crippen molar-refractivity contribution in [1.82, 2.24) is 0 Å². The van der Waals surface area contributed by atoms with Gasteiger partial charge in [-0.3, -0.25) is 0 Å². The Morgan fingerprint density at radius 2 is 1.95 bits per heavy atom. The van der Waals surface area contributed by atoms with E-state index < -0.39 is 11.8 Å². The van der Waals surface area contributed by atoms with Gasteiger partial charge in [0.25, 0.3) is 0 Å². The third kappa shape index (κ3) is 3.27. The standard InChI is InChI=1S/C16H15NO3/c1-16(2,3)20-15(18)19-12-9-8-11-6-5-7-14(17-4)13(11)10-12/h5-10H,1-3H3. The third-order valence-corrected chi connectivity index (χ3v) is 2.54. The molecule has 0 atom stereocenters. The first kappa shape index (κ1) is 13.9. The van der Waals surface area contributed by atoms with Gasteiger partial charge in [0.15, 0.2) is 5.69 Å². The molecule has 0 N–H and O–H groups in total. The summed E-state index contributed by atoms with van der Waals surface area (Å²) >= 11 is 0. The highest BCUT2D eigenvalue weighted by atomic mass is 16.7. The Balaban J connectivity index is 2.28. The molecular weight excluding hydrogens is 254 g/mol. The zero-order valence-electron chi connectivity index (χ0n) is 11.6. The maximum Gasteiger partial charge on any atom is 0.514 e. The van der Waals surface area contributed by atoms with Gasteiger partial charge in [0.05, 0.1) is 6.57 Å². The van der Waals surface area contributed by atoms with Gasteiger partial charge in [0.2, 0.25) is 0 Å². The molecule has 0 amide bonds. The van der Waals surface area contributed by atoms with Gasteiger partial charge in [-0.25, -0.2) is 9.64 Å². The fourth-order valence-electron chi connectivity index (χ4n) is 1.76. The fourth-order valence-corrected chi connectivity index (χ4v) is 1.76. The van der Waals surface area contributed by atoms with E-state index in [4.69, 9.17) is 16.0 Å². The summed E-state index contributed by atoms with van der Waals surface area (Å²) in [5, 5.41) is 1.68.